The number of rotatable bonds is 9. The van der Waals surface area contributed by atoms with E-state index in [0.717, 1.165) is 49.0 Å². The largest absolute Gasteiger partial charge is 0.490 e. The van der Waals surface area contributed by atoms with Crippen molar-refractivity contribution >= 4 is 12.2 Å². The van der Waals surface area contributed by atoms with Crippen LogP contribution in [0.15, 0.2) is 55.4 Å². The molecule has 1 saturated heterocycles. The van der Waals surface area contributed by atoms with E-state index in [1.807, 2.05) is 18.3 Å². The van der Waals surface area contributed by atoms with Gasteiger partial charge in [0.05, 0.1) is 0 Å². The van der Waals surface area contributed by atoms with Crippen LogP contribution in [0.25, 0.3) is 12.2 Å². The van der Waals surface area contributed by atoms with Crippen molar-refractivity contribution in [3.63, 3.8) is 0 Å². The van der Waals surface area contributed by atoms with Crippen molar-refractivity contribution in [1.82, 2.24) is 15.6 Å². The molecule has 1 aliphatic rings. The van der Waals surface area contributed by atoms with Gasteiger partial charge in [0.15, 0.2) is 0 Å². The van der Waals surface area contributed by atoms with Gasteiger partial charge in [-0.25, -0.2) is 0 Å². The Balaban J connectivity index is 1.69. The van der Waals surface area contributed by atoms with Crippen molar-refractivity contribution in [2.24, 2.45) is 5.92 Å². The summed E-state index contributed by atoms with van der Waals surface area (Å²) in [5.41, 5.74) is 3.42. The molecule has 0 unspecified atom stereocenters. The number of nitrogens with one attached hydrogen (secondary N) is 2. The van der Waals surface area contributed by atoms with Crippen LogP contribution in [0.5, 0.6) is 5.75 Å². The molecule has 1 aromatic heterocycles. The fraction of sp³-hybridized carbons (Fsp3) is 0.286. The van der Waals surface area contributed by atoms with Crippen molar-refractivity contribution in [1.29, 1.82) is 0 Å². The first kappa shape index (κ1) is 17.4. The third kappa shape index (κ3) is 5.55. The van der Waals surface area contributed by atoms with Gasteiger partial charge in [-0.3, -0.25) is 4.98 Å². The summed E-state index contributed by atoms with van der Waals surface area (Å²) < 4.78 is 5.75. The maximum absolute atomic E-state index is 5.75. The zero-order valence-corrected chi connectivity index (χ0v) is 14.4. The topological polar surface area (TPSA) is 46.2 Å². The number of pyridine rings is 1. The molecule has 0 saturated carbocycles. The Morgan fingerprint density at radius 2 is 2.12 bits per heavy atom. The summed E-state index contributed by atoms with van der Waals surface area (Å²) in [7, 11) is 0. The second-order valence-electron chi connectivity index (χ2n) is 6.28. The number of benzene rings is 1. The van der Waals surface area contributed by atoms with E-state index in [-0.39, 0.29) is 0 Å². The van der Waals surface area contributed by atoms with E-state index in [1.165, 1.54) is 5.56 Å². The lowest BCUT2D eigenvalue weighted by molar-refractivity contribution is 0.331. The zero-order valence-electron chi connectivity index (χ0n) is 14.4. The van der Waals surface area contributed by atoms with Crippen LogP contribution in [-0.2, 0) is 6.54 Å². The summed E-state index contributed by atoms with van der Waals surface area (Å²) in [5, 5.41) is 6.84. The van der Waals surface area contributed by atoms with Gasteiger partial charge in [-0.15, -0.1) is 0 Å². The smallest absolute Gasteiger partial charge is 0.120 e. The molecule has 130 valence electrons. The molecule has 2 aromatic rings. The molecule has 4 nitrogen and oxygen atoms in total. The molecule has 0 aliphatic carbocycles. The van der Waals surface area contributed by atoms with Gasteiger partial charge < -0.3 is 15.4 Å². The van der Waals surface area contributed by atoms with Crippen molar-refractivity contribution in [2.45, 2.75) is 6.54 Å². The van der Waals surface area contributed by atoms with Crippen LogP contribution in [0.2, 0.25) is 0 Å². The van der Waals surface area contributed by atoms with Crippen LogP contribution in [0.4, 0.5) is 0 Å². The molecule has 2 heterocycles. The Hall–Kier alpha value is -2.43. The van der Waals surface area contributed by atoms with Crippen molar-refractivity contribution in [2.75, 3.05) is 26.2 Å². The molecule has 0 atom stereocenters. The highest BCUT2D eigenvalue weighted by Gasteiger charge is 2.15. The Labute approximate surface area is 149 Å². The van der Waals surface area contributed by atoms with Gasteiger partial charge in [0.2, 0.25) is 0 Å². The number of hydrogen-bond acceptors (Lipinski definition) is 4. The Morgan fingerprint density at radius 3 is 2.84 bits per heavy atom. The monoisotopic (exact) mass is 335 g/mol. The van der Waals surface area contributed by atoms with E-state index < -0.39 is 0 Å². The summed E-state index contributed by atoms with van der Waals surface area (Å²) in [5.74, 6) is 1.63. The lowest BCUT2D eigenvalue weighted by Gasteiger charge is -2.27. The minimum Gasteiger partial charge on any atom is -0.490 e. The van der Waals surface area contributed by atoms with E-state index >= 15 is 0 Å². The van der Waals surface area contributed by atoms with Gasteiger partial charge in [0, 0.05) is 38.6 Å². The zero-order chi connectivity index (χ0) is 17.3. The molecule has 0 radical (unpaired) electrons. The van der Waals surface area contributed by atoms with Crippen LogP contribution in [-0.4, -0.2) is 31.2 Å². The molecular formula is C21H25N3O. The average Bonchev–Trinajstić information content (AvgIpc) is 2.61. The van der Waals surface area contributed by atoms with E-state index in [0.29, 0.717) is 6.61 Å². The molecule has 1 aliphatic heterocycles. The van der Waals surface area contributed by atoms with Crippen LogP contribution in [0, 0.1) is 5.92 Å². The van der Waals surface area contributed by atoms with Crippen LogP contribution >= 0.6 is 0 Å². The Kier molecular flexibility index (Phi) is 6.37. The maximum atomic E-state index is 5.75. The lowest BCUT2D eigenvalue weighted by Crippen LogP contribution is -2.47. The Morgan fingerprint density at radius 1 is 1.24 bits per heavy atom. The highest BCUT2D eigenvalue weighted by atomic mass is 16.5. The number of hydrogen-bond donors (Lipinski definition) is 2. The van der Waals surface area contributed by atoms with Crippen LogP contribution in [0.3, 0.4) is 0 Å². The first-order valence-electron chi connectivity index (χ1n) is 8.70. The molecular weight excluding hydrogens is 310 g/mol. The molecule has 4 heteroatoms. The van der Waals surface area contributed by atoms with Crippen molar-refractivity contribution < 1.29 is 4.74 Å². The predicted octanol–water partition coefficient (Wildman–Crippen LogP) is 3.13. The summed E-state index contributed by atoms with van der Waals surface area (Å²) in [4.78, 5) is 4.14. The SMILES string of the molecule is C=CCOc1cc(/C=C/c2cccnc2)cc(CNCC2CNC2)c1. The van der Waals surface area contributed by atoms with E-state index in [1.54, 1.807) is 12.3 Å². The normalized spacial score (nSPS) is 14.4. The summed E-state index contributed by atoms with van der Waals surface area (Å²) in [6, 6.07) is 10.3. The van der Waals surface area contributed by atoms with Gasteiger partial charge in [-0.1, -0.05) is 36.9 Å². The number of ether oxygens (including phenoxy) is 1. The van der Waals surface area contributed by atoms with E-state index in [9.17, 15) is 0 Å². The van der Waals surface area contributed by atoms with Gasteiger partial charge in [0.1, 0.15) is 12.4 Å². The fourth-order valence-corrected chi connectivity index (χ4v) is 2.70. The standard InChI is InChI=1S/C21H25N3O/c1-2-8-25-21-10-18(6-5-17-4-3-7-22-12-17)9-19(11-21)13-23-14-20-15-24-16-20/h2-7,9-12,20,23-24H,1,8,13-16H2/b6-5+. The second-order valence-corrected chi connectivity index (χ2v) is 6.28. The molecule has 1 fully saturated rings. The van der Waals surface area contributed by atoms with E-state index in [2.05, 4.69) is 52.5 Å². The molecule has 2 N–H and O–H groups in total. The van der Waals surface area contributed by atoms with Crippen molar-refractivity contribution in [3.05, 3.63) is 72.1 Å². The van der Waals surface area contributed by atoms with Gasteiger partial charge in [-0.2, -0.15) is 0 Å². The first-order chi connectivity index (χ1) is 12.3. The molecule has 0 spiro atoms. The third-order valence-corrected chi connectivity index (χ3v) is 4.14. The van der Waals surface area contributed by atoms with E-state index in [4.69, 9.17) is 4.74 Å². The minimum absolute atomic E-state index is 0.510. The first-order valence-corrected chi connectivity index (χ1v) is 8.70. The fourth-order valence-electron chi connectivity index (χ4n) is 2.70. The Bertz CT molecular complexity index is 708. The lowest BCUT2D eigenvalue weighted by atomic mass is 10.0. The quantitative estimate of drug-likeness (QED) is 0.691. The van der Waals surface area contributed by atoms with Gasteiger partial charge >= 0.3 is 0 Å². The van der Waals surface area contributed by atoms with Gasteiger partial charge in [0.25, 0.3) is 0 Å². The second kappa shape index (κ2) is 9.16. The summed E-state index contributed by atoms with van der Waals surface area (Å²) in [6.45, 7) is 8.36. The number of aromatic nitrogens is 1. The average molecular weight is 335 g/mol. The van der Waals surface area contributed by atoms with Crippen LogP contribution in [0.1, 0.15) is 16.7 Å². The predicted molar refractivity (Wildman–Crippen MR) is 103 cm³/mol. The molecule has 3 rings (SSSR count). The molecule has 25 heavy (non-hydrogen) atoms. The van der Waals surface area contributed by atoms with Crippen molar-refractivity contribution in [3.8, 4) is 5.75 Å². The molecule has 1 aromatic carbocycles. The highest BCUT2D eigenvalue weighted by Crippen LogP contribution is 2.20. The molecule has 0 amide bonds. The number of nitrogens with zero attached hydrogens (tertiary/aromatic N) is 1. The third-order valence-electron chi connectivity index (χ3n) is 4.14. The minimum atomic E-state index is 0.510. The summed E-state index contributed by atoms with van der Waals surface area (Å²) in [6.07, 6.45) is 9.56. The maximum Gasteiger partial charge on any atom is 0.120 e. The molecule has 0 bridgehead atoms. The van der Waals surface area contributed by atoms with Gasteiger partial charge in [-0.05, 0) is 40.8 Å². The summed E-state index contributed by atoms with van der Waals surface area (Å²) >= 11 is 0. The van der Waals surface area contributed by atoms with Crippen LogP contribution < -0.4 is 15.4 Å². The highest BCUT2D eigenvalue weighted by molar-refractivity contribution is 5.70.